The largest absolute Gasteiger partial charge is 0.464 e. The molecule has 0 fully saturated rings. The fourth-order valence-corrected chi connectivity index (χ4v) is 1.71. The van der Waals surface area contributed by atoms with Crippen molar-refractivity contribution in [2.75, 3.05) is 6.61 Å². The number of ether oxygens (including phenoxy) is 2. The van der Waals surface area contributed by atoms with Crippen LogP contribution in [0.25, 0.3) is 0 Å². The lowest BCUT2D eigenvalue weighted by atomic mass is 9.97. The number of carbonyl (C=O) groups excluding carboxylic acids is 3. The van der Waals surface area contributed by atoms with Crippen molar-refractivity contribution in [2.45, 2.75) is 58.6 Å². The van der Waals surface area contributed by atoms with Gasteiger partial charge in [-0.3, -0.25) is 14.4 Å². The molecule has 128 valence electrons. The maximum absolute atomic E-state index is 13.7. The zero-order valence-corrected chi connectivity index (χ0v) is 15.4. The van der Waals surface area contributed by atoms with E-state index in [4.69, 9.17) is 9.47 Å². The highest BCUT2D eigenvalue weighted by atomic mass is 79.9. The van der Waals surface area contributed by atoms with Gasteiger partial charge in [0.2, 0.25) is 0 Å². The molecule has 0 saturated heterocycles. The zero-order valence-electron chi connectivity index (χ0n) is 13.8. The Morgan fingerprint density at radius 3 is 1.91 bits per heavy atom. The van der Waals surface area contributed by atoms with E-state index in [0.717, 1.165) is 0 Å². The molecular weight excluding hydrogens is 359 g/mol. The van der Waals surface area contributed by atoms with Gasteiger partial charge < -0.3 is 9.47 Å². The summed E-state index contributed by atoms with van der Waals surface area (Å²) in [5.41, 5.74) is -1.54. The summed E-state index contributed by atoms with van der Waals surface area (Å²) in [5, 5.41) is 0. The van der Waals surface area contributed by atoms with E-state index in [0.29, 0.717) is 0 Å². The molecule has 0 saturated carbocycles. The lowest BCUT2D eigenvalue weighted by Gasteiger charge is -2.27. The summed E-state index contributed by atoms with van der Waals surface area (Å²) in [6, 6.07) is 0. The molecule has 0 spiro atoms. The van der Waals surface area contributed by atoms with Crippen LogP contribution in [0, 0.1) is 10.8 Å². The molecule has 2 unspecified atom stereocenters. The number of hydrogen-bond acceptors (Lipinski definition) is 5. The fourth-order valence-electron chi connectivity index (χ4n) is 1.18. The van der Waals surface area contributed by atoms with Gasteiger partial charge in [0.25, 0.3) is 0 Å². The van der Waals surface area contributed by atoms with Crippen molar-refractivity contribution in [1.82, 2.24) is 0 Å². The van der Waals surface area contributed by atoms with E-state index >= 15 is 0 Å². The van der Waals surface area contributed by atoms with Crippen molar-refractivity contribution >= 4 is 34.2 Å². The Morgan fingerprint density at radius 1 is 1.09 bits per heavy atom. The third-order valence-corrected chi connectivity index (χ3v) is 3.43. The van der Waals surface area contributed by atoms with Crippen LogP contribution >= 0.6 is 15.9 Å². The van der Waals surface area contributed by atoms with E-state index in [-0.39, 0.29) is 12.9 Å². The smallest absolute Gasteiger partial charge is 0.311 e. The number of alkyl halides is 2. The number of carbonyl (C=O) groups is 3. The third-order valence-electron chi connectivity index (χ3n) is 2.64. The summed E-state index contributed by atoms with van der Waals surface area (Å²) in [6.07, 6.45) is -3.32. The lowest BCUT2D eigenvalue weighted by Crippen LogP contribution is -2.42. The van der Waals surface area contributed by atoms with Gasteiger partial charge in [0.05, 0.1) is 15.7 Å². The summed E-state index contributed by atoms with van der Waals surface area (Å²) in [5.74, 6) is -1.12. The second-order valence-electron chi connectivity index (χ2n) is 7.06. The van der Waals surface area contributed by atoms with Gasteiger partial charge in [0, 0.05) is 0 Å². The normalized spacial score (nSPS) is 16.4. The van der Waals surface area contributed by atoms with Crippen molar-refractivity contribution in [3.63, 3.8) is 0 Å². The van der Waals surface area contributed by atoms with Gasteiger partial charge in [0.1, 0.15) is 6.61 Å². The summed E-state index contributed by atoms with van der Waals surface area (Å²) in [7, 11) is 0. The molecule has 0 aromatic heterocycles. The highest BCUT2D eigenvalue weighted by molar-refractivity contribution is 9.09. The first kappa shape index (κ1) is 21.0. The Bertz CT molecular complexity index is 411. The molecule has 5 nitrogen and oxygen atoms in total. The molecule has 0 aromatic rings. The molecule has 0 radical (unpaired) electrons. The monoisotopic (exact) mass is 382 g/mol. The van der Waals surface area contributed by atoms with Crippen LogP contribution in [0.15, 0.2) is 0 Å². The number of rotatable bonds is 6. The van der Waals surface area contributed by atoms with Gasteiger partial charge in [-0.25, -0.2) is 4.39 Å². The first-order chi connectivity index (χ1) is 9.80. The average Bonchev–Trinajstić information content (AvgIpc) is 2.38. The maximum Gasteiger partial charge on any atom is 0.311 e. The van der Waals surface area contributed by atoms with Crippen LogP contribution in [0.5, 0.6) is 0 Å². The minimum atomic E-state index is -2.01. The molecule has 0 bridgehead atoms. The Hall–Kier alpha value is -0.980. The standard InChI is InChI=1S/C15H24BrFO5/c1-14(2,3)12(19)21-8-9(16)11(10(17)7-18)22-13(20)15(4,5)6/h7,9-11H,8H2,1-6H3/t9?,10-,11?/m1/s1. The van der Waals surface area contributed by atoms with Crippen molar-refractivity contribution in [3.05, 3.63) is 0 Å². The minimum absolute atomic E-state index is 0.0560. The van der Waals surface area contributed by atoms with Crippen LogP contribution in [0.3, 0.4) is 0 Å². The van der Waals surface area contributed by atoms with Gasteiger partial charge in [-0.15, -0.1) is 0 Å². The van der Waals surface area contributed by atoms with Gasteiger partial charge in [-0.2, -0.15) is 0 Å². The first-order valence-electron chi connectivity index (χ1n) is 6.92. The van der Waals surface area contributed by atoms with Crippen molar-refractivity contribution in [3.8, 4) is 0 Å². The van der Waals surface area contributed by atoms with Gasteiger partial charge in [-0.1, -0.05) is 15.9 Å². The van der Waals surface area contributed by atoms with Crippen LogP contribution < -0.4 is 0 Å². The Kier molecular flexibility index (Phi) is 7.68. The van der Waals surface area contributed by atoms with E-state index < -0.39 is 39.9 Å². The molecule has 22 heavy (non-hydrogen) atoms. The Labute approximate surface area is 139 Å². The number of halogens is 2. The molecule has 3 atom stereocenters. The number of hydrogen-bond donors (Lipinski definition) is 0. The molecule has 0 N–H and O–H groups in total. The molecule has 0 aliphatic heterocycles. The average molecular weight is 383 g/mol. The summed E-state index contributed by atoms with van der Waals surface area (Å²) in [4.78, 5) is 33.4. The fraction of sp³-hybridized carbons (Fsp3) is 0.800. The van der Waals surface area contributed by atoms with E-state index in [1.807, 2.05) is 0 Å². The minimum Gasteiger partial charge on any atom is -0.464 e. The molecular formula is C15H24BrFO5. The first-order valence-corrected chi connectivity index (χ1v) is 7.84. The van der Waals surface area contributed by atoms with Gasteiger partial charge >= 0.3 is 11.9 Å². The molecule has 0 rings (SSSR count). The SMILES string of the molecule is CC(C)(C)C(=O)OCC(Br)C(OC(=O)C(C)(C)C)[C@H](F)C=O. The van der Waals surface area contributed by atoms with Crippen LogP contribution in [-0.2, 0) is 23.9 Å². The van der Waals surface area contributed by atoms with Crippen LogP contribution in [0.2, 0.25) is 0 Å². The third kappa shape index (κ3) is 6.85. The predicted molar refractivity (Wildman–Crippen MR) is 83.4 cm³/mol. The molecule has 7 heteroatoms. The molecule has 0 aliphatic rings. The van der Waals surface area contributed by atoms with Gasteiger partial charge in [0.15, 0.2) is 18.6 Å². The van der Waals surface area contributed by atoms with Gasteiger partial charge in [-0.05, 0) is 41.5 Å². The zero-order chi connectivity index (χ0) is 17.7. The molecule has 0 heterocycles. The second kappa shape index (κ2) is 8.04. The number of esters is 2. The van der Waals surface area contributed by atoms with E-state index in [1.54, 1.807) is 41.5 Å². The molecule has 0 aliphatic carbocycles. The van der Waals surface area contributed by atoms with Crippen LogP contribution in [0.4, 0.5) is 4.39 Å². The quantitative estimate of drug-likeness (QED) is 0.401. The Morgan fingerprint density at radius 2 is 1.55 bits per heavy atom. The van der Waals surface area contributed by atoms with Crippen molar-refractivity contribution in [1.29, 1.82) is 0 Å². The maximum atomic E-state index is 13.7. The van der Waals surface area contributed by atoms with E-state index in [9.17, 15) is 18.8 Å². The number of aldehydes is 1. The molecule has 0 amide bonds. The Balaban J connectivity index is 4.87. The predicted octanol–water partition coefficient (Wildman–Crippen LogP) is 2.83. The van der Waals surface area contributed by atoms with Crippen LogP contribution in [0.1, 0.15) is 41.5 Å². The van der Waals surface area contributed by atoms with Crippen LogP contribution in [-0.4, -0.2) is 41.9 Å². The topological polar surface area (TPSA) is 69.7 Å². The van der Waals surface area contributed by atoms with Crippen molar-refractivity contribution in [2.24, 2.45) is 10.8 Å². The summed E-state index contributed by atoms with van der Waals surface area (Å²) < 4.78 is 23.9. The summed E-state index contributed by atoms with van der Waals surface area (Å²) in [6.45, 7) is 9.67. The second-order valence-corrected chi connectivity index (χ2v) is 8.24. The highest BCUT2D eigenvalue weighted by Crippen LogP contribution is 2.23. The lowest BCUT2D eigenvalue weighted by molar-refractivity contribution is -0.164. The van der Waals surface area contributed by atoms with E-state index in [1.165, 1.54) is 0 Å². The molecule has 0 aromatic carbocycles. The highest BCUT2D eigenvalue weighted by Gasteiger charge is 2.36. The summed E-state index contributed by atoms with van der Waals surface area (Å²) >= 11 is 3.12. The van der Waals surface area contributed by atoms with E-state index in [2.05, 4.69) is 15.9 Å². The van der Waals surface area contributed by atoms with Crippen molar-refractivity contribution < 1.29 is 28.2 Å².